The van der Waals surface area contributed by atoms with Crippen LogP contribution in [0.3, 0.4) is 0 Å². The lowest BCUT2D eigenvalue weighted by Gasteiger charge is -2.31. The first-order chi connectivity index (χ1) is 11.3. The third-order valence-electron chi connectivity index (χ3n) is 4.76. The van der Waals surface area contributed by atoms with E-state index in [1.165, 1.54) is 27.1 Å². The molecular formula is C19H22N3O+. The van der Waals surface area contributed by atoms with Gasteiger partial charge in [0.25, 0.3) is 0 Å². The summed E-state index contributed by atoms with van der Waals surface area (Å²) in [4.78, 5) is 9.76. The molecule has 4 heteroatoms. The van der Waals surface area contributed by atoms with Gasteiger partial charge in [-0.25, -0.2) is 0 Å². The molecule has 2 N–H and O–H groups in total. The van der Waals surface area contributed by atoms with E-state index in [4.69, 9.17) is 4.74 Å². The number of hydrogen-bond acceptors (Lipinski definition) is 2. The number of aryl methyl sites for hydroxylation is 1. The smallest absolute Gasteiger partial charge is 0.158 e. The molecule has 0 radical (unpaired) electrons. The third kappa shape index (κ3) is 2.64. The largest absolute Gasteiger partial charge is 0.370 e. The number of nitrogens with zero attached hydrogens (tertiary/aromatic N) is 1. The van der Waals surface area contributed by atoms with Crippen molar-refractivity contribution in [3.8, 4) is 0 Å². The van der Waals surface area contributed by atoms with Gasteiger partial charge in [0.2, 0.25) is 0 Å². The van der Waals surface area contributed by atoms with Crippen molar-refractivity contribution in [2.24, 2.45) is 0 Å². The zero-order valence-corrected chi connectivity index (χ0v) is 13.4. The Morgan fingerprint density at radius 3 is 2.65 bits per heavy atom. The first-order valence-electron chi connectivity index (χ1n) is 8.25. The molecule has 3 heterocycles. The number of pyridine rings is 1. The molecule has 2 aromatic heterocycles. The second kappa shape index (κ2) is 6.14. The summed E-state index contributed by atoms with van der Waals surface area (Å²) in [5, 5.41) is 1.31. The maximum Gasteiger partial charge on any atom is 0.158 e. The minimum Gasteiger partial charge on any atom is -0.370 e. The number of H-pyrrole nitrogens is 1. The molecule has 1 aromatic carbocycles. The molecule has 0 bridgehead atoms. The van der Waals surface area contributed by atoms with Crippen LogP contribution in [0.5, 0.6) is 0 Å². The van der Waals surface area contributed by atoms with Crippen LogP contribution in [-0.2, 0) is 4.74 Å². The number of benzene rings is 1. The number of quaternary nitrogens is 1. The summed E-state index contributed by atoms with van der Waals surface area (Å²) in [6.45, 7) is 5.84. The summed E-state index contributed by atoms with van der Waals surface area (Å²) in [7, 11) is 0. The van der Waals surface area contributed by atoms with Crippen LogP contribution in [0.25, 0.3) is 10.9 Å². The van der Waals surface area contributed by atoms with E-state index >= 15 is 0 Å². The number of aromatic nitrogens is 2. The van der Waals surface area contributed by atoms with Crippen molar-refractivity contribution in [1.29, 1.82) is 0 Å². The molecule has 1 saturated heterocycles. The summed E-state index contributed by atoms with van der Waals surface area (Å²) >= 11 is 0. The number of aromatic amines is 1. The minimum absolute atomic E-state index is 0.247. The van der Waals surface area contributed by atoms with E-state index in [0.717, 1.165) is 32.0 Å². The fraction of sp³-hybridized carbons (Fsp3) is 0.316. The Morgan fingerprint density at radius 2 is 1.87 bits per heavy atom. The topological polar surface area (TPSA) is 42.3 Å². The van der Waals surface area contributed by atoms with E-state index in [2.05, 4.69) is 53.3 Å². The highest BCUT2D eigenvalue weighted by Crippen LogP contribution is 2.29. The van der Waals surface area contributed by atoms with Gasteiger partial charge in [-0.1, -0.05) is 24.3 Å². The van der Waals surface area contributed by atoms with E-state index in [0.29, 0.717) is 0 Å². The Morgan fingerprint density at radius 1 is 1.09 bits per heavy atom. The molecule has 0 saturated carbocycles. The van der Waals surface area contributed by atoms with Crippen molar-refractivity contribution >= 4 is 10.9 Å². The van der Waals surface area contributed by atoms with Crippen molar-refractivity contribution < 1.29 is 9.64 Å². The minimum atomic E-state index is 0.247. The summed E-state index contributed by atoms with van der Waals surface area (Å²) in [5.74, 6) is 0. The van der Waals surface area contributed by atoms with Crippen molar-refractivity contribution in [3.05, 3.63) is 65.6 Å². The van der Waals surface area contributed by atoms with Crippen LogP contribution < -0.4 is 4.90 Å². The van der Waals surface area contributed by atoms with Gasteiger partial charge in [0.1, 0.15) is 18.8 Å². The molecule has 118 valence electrons. The highest BCUT2D eigenvalue weighted by Gasteiger charge is 2.32. The number of morpholine rings is 1. The fourth-order valence-electron chi connectivity index (χ4n) is 3.70. The van der Waals surface area contributed by atoms with Gasteiger partial charge in [-0.2, -0.15) is 0 Å². The summed E-state index contributed by atoms with van der Waals surface area (Å²) < 4.78 is 5.57. The molecule has 3 aromatic rings. The lowest BCUT2D eigenvalue weighted by Crippen LogP contribution is -3.14. The first kappa shape index (κ1) is 14.4. The summed E-state index contributed by atoms with van der Waals surface area (Å²) in [6.07, 6.45) is 1.90. The maximum atomic E-state index is 5.57. The number of para-hydroxylation sites is 1. The monoisotopic (exact) mass is 308 g/mol. The molecule has 1 fully saturated rings. The molecule has 23 heavy (non-hydrogen) atoms. The zero-order chi connectivity index (χ0) is 15.6. The Bertz CT molecular complexity index is 791. The number of rotatable bonds is 3. The van der Waals surface area contributed by atoms with Crippen molar-refractivity contribution in [1.82, 2.24) is 9.97 Å². The van der Waals surface area contributed by atoms with Gasteiger partial charge in [0, 0.05) is 28.4 Å². The second-order valence-corrected chi connectivity index (χ2v) is 6.17. The van der Waals surface area contributed by atoms with Crippen LogP contribution in [0.1, 0.15) is 23.0 Å². The van der Waals surface area contributed by atoms with Crippen LogP contribution in [0.2, 0.25) is 0 Å². The molecule has 1 atom stereocenters. The zero-order valence-electron chi connectivity index (χ0n) is 13.4. The Balaban J connectivity index is 1.88. The molecule has 1 aliphatic heterocycles. The van der Waals surface area contributed by atoms with Crippen LogP contribution in [0.4, 0.5) is 0 Å². The van der Waals surface area contributed by atoms with E-state index in [1.807, 2.05) is 12.3 Å². The number of ether oxygens (including phenoxy) is 1. The lowest BCUT2D eigenvalue weighted by atomic mass is 9.97. The third-order valence-corrected chi connectivity index (χ3v) is 4.76. The molecular weight excluding hydrogens is 286 g/mol. The maximum absolute atomic E-state index is 5.57. The molecule has 4 nitrogen and oxygen atoms in total. The highest BCUT2D eigenvalue weighted by atomic mass is 16.5. The predicted octanol–water partition coefficient (Wildman–Crippen LogP) is 1.88. The average Bonchev–Trinajstić information content (AvgIpc) is 2.94. The molecule has 0 aliphatic carbocycles. The van der Waals surface area contributed by atoms with Crippen molar-refractivity contribution in [2.75, 3.05) is 26.3 Å². The lowest BCUT2D eigenvalue weighted by molar-refractivity contribution is -0.933. The number of fused-ring (bicyclic) bond motifs is 1. The summed E-state index contributed by atoms with van der Waals surface area (Å²) in [5.41, 5.74) is 4.95. The molecule has 0 spiro atoms. The Kier molecular flexibility index (Phi) is 3.85. The van der Waals surface area contributed by atoms with E-state index < -0.39 is 0 Å². The Hall–Kier alpha value is -2.17. The van der Waals surface area contributed by atoms with Crippen LogP contribution in [0.15, 0.2) is 48.7 Å². The van der Waals surface area contributed by atoms with E-state index in [-0.39, 0.29) is 6.04 Å². The van der Waals surface area contributed by atoms with E-state index in [1.54, 1.807) is 0 Å². The quantitative estimate of drug-likeness (QED) is 0.776. The van der Waals surface area contributed by atoms with E-state index in [9.17, 15) is 0 Å². The van der Waals surface area contributed by atoms with Crippen LogP contribution >= 0.6 is 0 Å². The normalized spacial score (nSPS) is 17.4. The van der Waals surface area contributed by atoms with Gasteiger partial charge < -0.3 is 14.6 Å². The molecule has 1 aliphatic rings. The predicted molar refractivity (Wildman–Crippen MR) is 90.6 cm³/mol. The fourth-order valence-corrected chi connectivity index (χ4v) is 3.70. The summed E-state index contributed by atoms with van der Waals surface area (Å²) in [6, 6.07) is 15.0. The van der Waals surface area contributed by atoms with Crippen molar-refractivity contribution in [2.45, 2.75) is 13.0 Å². The average molecular weight is 308 g/mol. The standard InChI is InChI=1S/C19H21N3O/c1-14-18(15-6-2-3-7-16(15)21-14)19(17-8-4-5-9-20-17)22-10-12-23-13-11-22/h2-9,19,21H,10-13H2,1H3/p+1/t19-/m0/s1. The molecule has 0 amide bonds. The van der Waals surface area contributed by atoms with Crippen molar-refractivity contribution in [3.63, 3.8) is 0 Å². The highest BCUT2D eigenvalue weighted by molar-refractivity contribution is 5.85. The first-order valence-corrected chi connectivity index (χ1v) is 8.25. The number of hydrogen-bond donors (Lipinski definition) is 2. The van der Waals surface area contributed by atoms with Crippen LogP contribution in [-0.4, -0.2) is 36.3 Å². The van der Waals surface area contributed by atoms with Gasteiger partial charge in [-0.3, -0.25) is 4.98 Å². The molecule has 0 unspecified atom stereocenters. The van der Waals surface area contributed by atoms with Gasteiger partial charge in [-0.15, -0.1) is 0 Å². The van der Waals surface area contributed by atoms with Crippen LogP contribution in [0, 0.1) is 6.92 Å². The van der Waals surface area contributed by atoms with Gasteiger partial charge in [-0.05, 0) is 25.1 Å². The Labute approximate surface area is 136 Å². The van der Waals surface area contributed by atoms with Gasteiger partial charge in [0.15, 0.2) is 6.04 Å². The second-order valence-electron chi connectivity index (χ2n) is 6.17. The molecule has 4 rings (SSSR count). The SMILES string of the molecule is Cc1[nH]c2ccccc2c1[C@H](c1ccccn1)[NH+]1CCOCC1. The van der Waals surface area contributed by atoms with Gasteiger partial charge >= 0.3 is 0 Å². The number of nitrogens with one attached hydrogen (secondary N) is 2. The van der Waals surface area contributed by atoms with Gasteiger partial charge in [0.05, 0.1) is 13.2 Å².